The normalized spacial score (nSPS) is 12.6. The average molecular weight is 544 g/mol. The van der Waals surface area contributed by atoms with E-state index in [2.05, 4.69) is 10.1 Å². The first-order valence-electron chi connectivity index (χ1n) is 8.71. The molecule has 0 aliphatic carbocycles. The molecule has 0 heterocycles. The van der Waals surface area contributed by atoms with Gasteiger partial charge in [-0.25, -0.2) is 4.79 Å². The van der Waals surface area contributed by atoms with Crippen LogP contribution < -0.4 is 5.32 Å². The summed E-state index contributed by atoms with van der Waals surface area (Å²) in [5, 5.41) is 9.50. The second kappa shape index (κ2) is 10.3. The number of carbonyl (C=O) groups excluding carboxylic acids is 1. The Bertz CT molecular complexity index is 1440. The third-order valence-corrected chi connectivity index (χ3v) is 6.48. The van der Waals surface area contributed by atoms with E-state index in [1.807, 2.05) is 0 Å². The predicted octanol–water partition coefficient (Wildman–Crippen LogP) is -0.364. The highest BCUT2D eigenvalue weighted by Gasteiger charge is 2.25. The van der Waals surface area contributed by atoms with E-state index in [0.29, 0.717) is 24.3 Å². The van der Waals surface area contributed by atoms with Gasteiger partial charge in [0.1, 0.15) is 18.1 Å². The van der Waals surface area contributed by atoms with Crippen molar-refractivity contribution in [3.63, 3.8) is 0 Å². The van der Waals surface area contributed by atoms with Crippen LogP contribution in [0.3, 0.4) is 0 Å². The molecule has 188 valence electrons. The van der Waals surface area contributed by atoms with E-state index in [-0.39, 0.29) is 13.2 Å². The predicted molar refractivity (Wildman–Crippen MR) is 111 cm³/mol. The number of fused-ring (bicyclic) bond motifs is 1. The van der Waals surface area contributed by atoms with Crippen molar-refractivity contribution in [3.05, 3.63) is 24.3 Å². The van der Waals surface area contributed by atoms with Crippen molar-refractivity contribution in [1.82, 2.24) is 0 Å². The van der Waals surface area contributed by atoms with Crippen molar-refractivity contribution in [2.75, 3.05) is 31.7 Å². The van der Waals surface area contributed by atoms with Gasteiger partial charge in [-0.3, -0.25) is 18.5 Å². The van der Waals surface area contributed by atoms with E-state index in [1.54, 1.807) is 0 Å². The van der Waals surface area contributed by atoms with Crippen LogP contribution in [-0.4, -0.2) is 82.3 Å². The first-order chi connectivity index (χ1) is 15.5. The molecule has 0 atom stereocenters. The maximum Gasteiger partial charge on any atom is 0.329 e. The van der Waals surface area contributed by atoms with Gasteiger partial charge in [0.25, 0.3) is 30.4 Å². The van der Waals surface area contributed by atoms with E-state index < -0.39 is 86.6 Å². The smallest absolute Gasteiger partial charge is 0.329 e. The van der Waals surface area contributed by atoms with Gasteiger partial charge < -0.3 is 19.9 Å². The summed E-state index contributed by atoms with van der Waals surface area (Å²) < 4.78 is 108. The lowest BCUT2D eigenvalue weighted by atomic mass is 10.1. The summed E-state index contributed by atoms with van der Waals surface area (Å²) >= 11 is 0. The molecule has 1 amide bonds. The number of carbonyl (C=O) groups is 2. The molecule has 18 heteroatoms. The Morgan fingerprint density at radius 3 is 1.74 bits per heavy atom. The van der Waals surface area contributed by atoms with Gasteiger partial charge in [-0.1, -0.05) is 0 Å². The fourth-order valence-corrected chi connectivity index (χ4v) is 4.57. The average Bonchev–Trinajstić information content (AvgIpc) is 2.67. The Labute approximate surface area is 192 Å². The van der Waals surface area contributed by atoms with Crippen LogP contribution >= 0.6 is 0 Å². The summed E-state index contributed by atoms with van der Waals surface area (Å²) in [4.78, 5) is 19.5. The van der Waals surface area contributed by atoms with Gasteiger partial charge in [0, 0.05) is 5.39 Å². The van der Waals surface area contributed by atoms with E-state index in [0.717, 1.165) is 0 Å². The Morgan fingerprint density at radius 2 is 1.26 bits per heavy atom. The number of anilines is 1. The van der Waals surface area contributed by atoms with Gasteiger partial charge in [-0.15, -0.1) is 0 Å². The Hall–Kier alpha value is -2.71. The van der Waals surface area contributed by atoms with Crippen LogP contribution in [0.25, 0.3) is 10.8 Å². The van der Waals surface area contributed by atoms with Crippen molar-refractivity contribution < 1.29 is 63.1 Å². The lowest BCUT2D eigenvalue weighted by Crippen LogP contribution is -2.21. The van der Waals surface area contributed by atoms with Gasteiger partial charge in [0.2, 0.25) is 5.91 Å². The summed E-state index contributed by atoms with van der Waals surface area (Å²) in [6.07, 6.45) is 0. The molecule has 0 aromatic heterocycles. The SMILES string of the molecule is O=C(O)COCCOCC(=O)Nc1cc(S(=O)(=O)O)cc2cc(S(=O)(=O)O)cc(S(=O)(=O)O)c12. The molecule has 0 aliphatic heterocycles. The van der Waals surface area contributed by atoms with Crippen LogP contribution in [0.1, 0.15) is 0 Å². The molecular formula is C16H17NO14S3. The summed E-state index contributed by atoms with van der Waals surface area (Å²) in [5.41, 5.74) is -0.574. The molecule has 0 aliphatic rings. The molecule has 2 aromatic carbocycles. The van der Waals surface area contributed by atoms with Crippen LogP contribution in [0, 0.1) is 0 Å². The molecular weight excluding hydrogens is 526 g/mol. The number of rotatable bonds is 11. The molecule has 2 rings (SSSR count). The van der Waals surface area contributed by atoms with Crippen molar-refractivity contribution in [1.29, 1.82) is 0 Å². The second-order valence-electron chi connectivity index (χ2n) is 6.46. The minimum atomic E-state index is -5.19. The van der Waals surface area contributed by atoms with Crippen molar-refractivity contribution in [2.24, 2.45) is 0 Å². The zero-order chi connectivity index (χ0) is 25.9. The molecule has 34 heavy (non-hydrogen) atoms. The molecule has 0 fully saturated rings. The zero-order valence-corrected chi connectivity index (χ0v) is 19.2. The maximum atomic E-state index is 12.2. The summed E-state index contributed by atoms with van der Waals surface area (Å²) in [6, 6.07) is 2.33. The van der Waals surface area contributed by atoms with Crippen LogP contribution in [0.5, 0.6) is 0 Å². The highest BCUT2D eigenvalue weighted by molar-refractivity contribution is 7.87. The third-order valence-electron chi connectivity index (χ3n) is 3.94. The second-order valence-corrected chi connectivity index (χ2v) is 10.7. The fourth-order valence-electron chi connectivity index (χ4n) is 2.65. The Morgan fingerprint density at radius 1 is 0.765 bits per heavy atom. The standard InChI is InChI=1S/C16H17NO14S3/c18-14(7-30-1-2-31-8-15(19)20)17-12-5-10(32(21,22)23)3-9-4-11(33(24,25)26)6-13(16(9)12)34(27,28)29/h3-6H,1-2,7-8H2,(H,17,18)(H,19,20)(H,21,22,23)(H,24,25,26)(H,27,28,29). The number of ether oxygens (including phenoxy) is 2. The largest absolute Gasteiger partial charge is 0.480 e. The lowest BCUT2D eigenvalue weighted by molar-refractivity contribution is -0.143. The first-order valence-corrected chi connectivity index (χ1v) is 13.0. The van der Waals surface area contributed by atoms with Gasteiger partial charge in [-0.05, 0) is 29.7 Å². The van der Waals surface area contributed by atoms with Crippen LogP contribution in [0.4, 0.5) is 5.69 Å². The minimum absolute atomic E-state index is 0.188. The molecule has 0 radical (unpaired) electrons. The topological polar surface area (TPSA) is 248 Å². The highest BCUT2D eigenvalue weighted by Crippen LogP contribution is 2.35. The number of hydrogen-bond donors (Lipinski definition) is 5. The van der Waals surface area contributed by atoms with E-state index >= 15 is 0 Å². The summed E-state index contributed by atoms with van der Waals surface area (Å²) in [5.74, 6) is -2.21. The Kier molecular flexibility index (Phi) is 8.32. The monoisotopic (exact) mass is 543 g/mol. The number of aliphatic carboxylic acids is 1. The van der Waals surface area contributed by atoms with Gasteiger partial charge in [-0.2, -0.15) is 25.3 Å². The Balaban J connectivity index is 2.52. The van der Waals surface area contributed by atoms with Crippen molar-refractivity contribution >= 4 is 58.7 Å². The zero-order valence-electron chi connectivity index (χ0n) is 16.7. The fraction of sp³-hybridized carbons (Fsp3) is 0.250. The van der Waals surface area contributed by atoms with E-state index in [1.165, 1.54) is 0 Å². The van der Waals surface area contributed by atoms with Crippen molar-refractivity contribution in [2.45, 2.75) is 14.7 Å². The van der Waals surface area contributed by atoms with E-state index in [9.17, 15) is 48.5 Å². The summed E-state index contributed by atoms with van der Waals surface area (Å²) in [7, 11) is -15.2. The molecule has 0 spiro atoms. The molecule has 2 aromatic rings. The van der Waals surface area contributed by atoms with E-state index in [4.69, 9.17) is 9.84 Å². The number of hydrogen-bond acceptors (Lipinski definition) is 10. The van der Waals surface area contributed by atoms with Crippen LogP contribution in [0.15, 0.2) is 39.0 Å². The number of carboxylic acid groups (broad SMARTS) is 1. The van der Waals surface area contributed by atoms with Crippen LogP contribution in [-0.2, 0) is 49.4 Å². The molecule has 0 bridgehead atoms. The molecule has 5 N–H and O–H groups in total. The quantitative estimate of drug-likeness (QED) is 0.179. The lowest BCUT2D eigenvalue weighted by Gasteiger charge is -2.14. The van der Waals surface area contributed by atoms with Crippen LogP contribution in [0.2, 0.25) is 0 Å². The number of carboxylic acids is 1. The first kappa shape index (κ1) is 27.5. The van der Waals surface area contributed by atoms with Gasteiger partial charge in [0.05, 0.1) is 28.7 Å². The number of amides is 1. The van der Waals surface area contributed by atoms with Crippen molar-refractivity contribution in [3.8, 4) is 0 Å². The van der Waals surface area contributed by atoms with Gasteiger partial charge >= 0.3 is 5.97 Å². The summed E-state index contributed by atoms with van der Waals surface area (Å²) in [6.45, 7) is -1.71. The molecule has 0 saturated carbocycles. The van der Waals surface area contributed by atoms with Gasteiger partial charge in [0.15, 0.2) is 0 Å². The third kappa shape index (κ3) is 7.40. The number of benzene rings is 2. The maximum absolute atomic E-state index is 12.2. The minimum Gasteiger partial charge on any atom is -0.480 e. The number of nitrogens with one attached hydrogen (secondary N) is 1. The molecule has 0 saturated heterocycles. The molecule has 15 nitrogen and oxygen atoms in total. The molecule has 0 unspecified atom stereocenters. The highest BCUT2D eigenvalue weighted by atomic mass is 32.2.